The average molecular weight is 293 g/mol. The minimum absolute atomic E-state index is 1.22. The van der Waals surface area contributed by atoms with Gasteiger partial charge in [-0.2, -0.15) is 0 Å². The fourth-order valence-corrected chi connectivity index (χ4v) is 12.2. The predicted octanol–water partition coefficient (Wildman–Crippen LogP) is 2.37. The molecule has 0 aliphatic rings. The Kier molecular flexibility index (Phi) is 6.59. The van der Waals surface area contributed by atoms with Gasteiger partial charge < -0.3 is 0 Å². The van der Waals surface area contributed by atoms with Gasteiger partial charge in [0.1, 0.15) is 0 Å². The van der Waals surface area contributed by atoms with Crippen LogP contribution in [0.15, 0.2) is 0 Å². The van der Waals surface area contributed by atoms with Gasteiger partial charge in [-0.1, -0.05) is 0 Å². The maximum atomic E-state index is 2.71. The van der Waals surface area contributed by atoms with Crippen LogP contribution in [0.3, 0.4) is 0 Å². The molecule has 0 aromatic rings. The van der Waals surface area contributed by atoms with Gasteiger partial charge in [0, 0.05) is 0 Å². The first-order valence-electron chi connectivity index (χ1n) is 5.54. The second-order valence-corrected chi connectivity index (χ2v) is 16.0. The van der Waals surface area contributed by atoms with Gasteiger partial charge in [-0.3, -0.25) is 0 Å². The summed E-state index contributed by atoms with van der Waals surface area (Å²) in [5, 5.41) is 0. The number of hydrogen-bond acceptors (Lipinski definition) is 2. The third-order valence-electron chi connectivity index (χ3n) is 3.07. The first kappa shape index (κ1) is 13.7. The summed E-state index contributed by atoms with van der Waals surface area (Å²) < 4.78 is 5.42. The molecule has 0 atom stereocenters. The Morgan fingerprint density at radius 2 is 0.923 bits per heavy atom. The Balaban J connectivity index is 4.48. The van der Waals surface area contributed by atoms with Crippen LogP contribution in [0.25, 0.3) is 0 Å². The zero-order valence-corrected chi connectivity index (χ0v) is 13.1. The van der Waals surface area contributed by atoms with E-state index in [1.807, 2.05) is 0 Å². The van der Waals surface area contributed by atoms with Crippen LogP contribution in [0, 0.1) is 0 Å². The van der Waals surface area contributed by atoms with Gasteiger partial charge in [0.2, 0.25) is 0 Å². The third-order valence-corrected chi connectivity index (χ3v) is 15.5. The van der Waals surface area contributed by atoms with Crippen molar-refractivity contribution >= 4 is 18.9 Å². The van der Waals surface area contributed by atoms with E-state index in [2.05, 4.69) is 43.8 Å². The standard InChI is InChI=1S/2C4H10N.2CH3.Sn/c2*1-3-5-4-2;;;/h2*3-4H2,1-2H3;2*1H3;/q2*-1;;;+2. The van der Waals surface area contributed by atoms with Crippen molar-refractivity contribution in [3.63, 3.8) is 0 Å². The van der Waals surface area contributed by atoms with E-state index < -0.39 is 18.9 Å². The second-order valence-electron chi connectivity index (χ2n) is 3.84. The summed E-state index contributed by atoms with van der Waals surface area (Å²) in [4.78, 5) is 5.04. The molecule has 0 unspecified atom stereocenters. The van der Waals surface area contributed by atoms with Crippen molar-refractivity contribution in [1.82, 2.24) is 6.24 Å². The fourth-order valence-electron chi connectivity index (χ4n) is 2.19. The van der Waals surface area contributed by atoms with Gasteiger partial charge in [-0.05, 0) is 0 Å². The molecular formula is C10H26N2Sn. The topological polar surface area (TPSA) is 6.48 Å². The van der Waals surface area contributed by atoms with Crippen LogP contribution in [-0.2, 0) is 0 Å². The normalized spacial score (nSPS) is 12.9. The molecule has 3 heteroatoms. The Bertz CT molecular complexity index is 115. The van der Waals surface area contributed by atoms with Crippen LogP contribution in [0.1, 0.15) is 27.7 Å². The zero-order chi connectivity index (χ0) is 10.5. The van der Waals surface area contributed by atoms with Gasteiger partial charge in [-0.15, -0.1) is 0 Å². The van der Waals surface area contributed by atoms with Crippen LogP contribution < -0.4 is 0 Å². The molecule has 0 saturated heterocycles. The summed E-state index contributed by atoms with van der Waals surface area (Å²) in [5.41, 5.74) is 0. The molecule has 0 heterocycles. The molecule has 0 spiro atoms. The second kappa shape index (κ2) is 6.25. The van der Waals surface area contributed by atoms with E-state index in [0.717, 1.165) is 0 Å². The van der Waals surface area contributed by atoms with Crippen LogP contribution >= 0.6 is 0 Å². The molecule has 0 N–H and O–H groups in total. The molecule has 0 aromatic heterocycles. The van der Waals surface area contributed by atoms with E-state index in [4.69, 9.17) is 0 Å². The quantitative estimate of drug-likeness (QED) is 0.694. The molecule has 0 fully saturated rings. The predicted molar refractivity (Wildman–Crippen MR) is 63.3 cm³/mol. The van der Waals surface area contributed by atoms with Crippen molar-refractivity contribution in [3.8, 4) is 0 Å². The fraction of sp³-hybridized carbons (Fsp3) is 1.00. The van der Waals surface area contributed by atoms with E-state index in [0.29, 0.717) is 0 Å². The van der Waals surface area contributed by atoms with E-state index in [9.17, 15) is 0 Å². The Labute approximate surface area is 88.9 Å². The molecule has 0 aliphatic heterocycles. The van der Waals surface area contributed by atoms with Crippen molar-refractivity contribution in [2.24, 2.45) is 0 Å². The van der Waals surface area contributed by atoms with Crippen LogP contribution in [-0.4, -0.2) is 51.3 Å². The molecule has 0 aromatic carbocycles. The van der Waals surface area contributed by atoms with Gasteiger partial charge in [0.25, 0.3) is 0 Å². The number of rotatable bonds is 6. The van der Waals surface area contributed by atoms with Crippen LogP contribution in [0.4, 0.5) is 0 Å². The summed E-state index contributed by atoms with van der Waals surface area (Å²) in [7, 11) is 0. The summed E-state index contributed by atoms with van der Waals surface area (Å²) in [6.45, 7) is 14.0. The molecule has 13 heavy (non-hydrogen) atoms. The van der Waals surface area contributed by atoms with Crippen LogP contribution in [0.5, 0.6) is 0 Å². The molecule has 0 bridgehead atoms. The molecule has 0 rings (SSSR count). The molecule has 0 aliphatic carbocycles. The van der Waals surface area contributed by atoms with E-state index in [-0.39, 0.29) is 0 Å². The molecule has 0 radical (unpaired) electrons. The van der Waals surface area contributed by atoms with Gasteiger partial charge in [-0.25, -0.2) is 0 Å². The van der Waals surface area contributed by atoms with Gasteiger partial charge >= 0.3 is 88.9 Å². The average Bonchev–Trinajstić information content (AvgIpc) is 2.07. The van der Waals surface area contributed by atoms with Crippen molar-refractivity contribution in [3.05, 3.63) is 0 Å². The van der Waals surface area contributed by atoms with E-state index >= 15 is 0 Å². The Hall–Kier alpha value is 0.719. The first-order chi connectivity index (χ1) is 6.04. The molecule has 0 saturated carbocycles. The molecule has 0 amide bonds. The maximum absolute atomic E-state index is 2.71. The summed E-state index contributed by atoms with van der Waals surface area (Å²) in [6.07, 6.45) is 0. The minimum atomic E-state index is -2.06. The van der Waals surface area contributed by atoms with Crippen molar-refractivity contribution in [2.45, 2.75) is 37.6 Å². The Morgan fingerprint density at radius 1 is 0.692 bits per heavy atom. The number of nitrogens with zero attached hydrogens (tertiary/aromatic N) is 2. The Morgan fingerprint density at radius 3 is 1.08 bits per heavy atom. The van der Waals surface area contributed by atoms with Gasteiger partial charge in [0.05, 0.1) is 0 Å². The van der Waals surface area contributed by atoms with E-state index in [1.165, 1.54) is 26.2 Å². The molecular weight excluding hydrogens is 267 g/mol. The summed E-state index contributed by atoms with van der Waals surface area (Å²) in [5.74, 6) is 0. The van der Waals surface area contributed by atoms with E-state index in [1.54, 1.807) is 0 Å². The SMILES string of the molecule is CC[N](CC)[Sn]([CH3])([CH3])[N](CC)CC. The summed E-state index contributed by atoms with van der Waals surface area (Å²) in [6, 6.07) is 0. The molecule has 80 valence electrons. The van der Waals surface area contributed by atoms with Crippen molar-refractivity contribution < 1.29 is 0 Å². The summed E-state index contributed by atoms with van der Waals surface area (Å²) >= 11 is -2.06. The number of hydrogen-bond donors (Lipinski definition) is 0. The van der Waals surface area contributed by atoms with Crippen molar-refractivity contribution in [2.75, 3.05) is 26.2 Å². The van der Waals surface area contributed by atoms with Gasteiger partial charge in [0.15, 0.2) is 0 Å². The monoisotopic (exact) mass is 294 g/mol. The van der Waals surface area contributed by atoms with Crippen LogP contribution in [0.2, 0.25) is 9.88 Å². The van der Waals surface area contributed by atoms with Crippen molar-refractivity contribution in [1.29, 1.82) is 0 Å². The first-order valence-corrected chi connectivity index (χ1v) is 13.8. The zero-order valence-electron chi connectivity index (χ0n) is 10.2. The third kappa shape index (κ3) is 3.40. The molecule has 2 nitrogen and oxygen atoms in total.